The topological polar surface area (TPSA) is 78.3 Å². The van der Waals surface area contributed by atoms with E-state index in [1.165, 1.54) is 0 Å². The van der Waals surface area contributed by atoms with Crippen LogP contribution in [0.3, 0.4) is 0 Å². The molecule has 0 fully saturated rings. The monoisotopic (exact) mass is 546 g/mol. The molecule has 0 spiro atoms. The van der Waals surface area contributed by atoms with Gasteiger partial charge < -0.3 is 14.8 Å². The number of allylic oxidation sites excluding steroid dienone is 2. The molecule has 0 bridgehead atoms. The highest BCUT2D eigenvalue weighted by Gasteiger charge is 2.33. The Bertz CT molecular complexity index is 1310. The number of nitrogens with one attached hydrogen (secondary N) is 1. The number of rotatable bonds is 10. The lowest BCUT2D eigenvalue weighted by Gasteiger charge is -2.28. The van der Waals surface area contributed by atoms with E-state index in [9.17, 15) is 4.79 Å². The second kappa shape index (κ2) is 11.6. The van der Waals surface area contributed by atoms with Crippen LogP contribution in [0.2, 0.25) is 10.0 Å². The zero-order valence-electron chi connectivity index (χ0n) is 20.6. The van der Waals surface area contributed by atoms with Crippen molar-refractivity contribution in [2.24, 2.45) is 0 Å². The minimum atomic E-state index is -0.440. The van der Waals surface area contributed by atoms with Gasteiger partial charge in [0.2, 0.25) is 11.1 Å². The van der Waals surface area contributed by atoms with Gasteiger partial charge in [-0.05, 0) is 55.7 Å². The minimum absolute atomic E-state index is 0.0368. The first-order chi connectivity index (χ1) is 17.3. The summed E-state index contributed by atoms with van der Waals surface area (Å²) in [4.78, 5) is 17.4. The number of hydrogen-bond donors (Lipinski definition) is 1. The van der Waals surface area contributed by atoms with Crippen molar-refractivity contribution in [3.63, 3.8) is 0 Å². The molecule has 2 aromatic carbocycles. The molecule has 1 aliphatic heterocycles. The van der Waals surface area contributed by atoms with E-state index < -0.39 is 6.04 Å². The number of benzene rings is 2. The molecular formula is C26H28Cl2N4O3S. The first-order valence-corrected chi connectivity index (χ1v) is 13.4. The van der Waals surface area contributed by atoms with Crippen LogP contribution in [0.25, 0.3) is 0 Å². The average Bonchev–Trinajstić information content (AvgIpc) is 3.26. The number of aromatic nitrogens is 3. The second-order valence-electron chi connectivity index (χ2n) is 8.43. The molecule has 1 aliphatic rings. The Labute approximate surface area is 225 Å². The van der Waals surface area contributed by atoms with Crippen LogP contribution in [0.4, 0.5) is 5.95 Å². The number of ketones is 1. The fourth-order valence-corrected chi connectivity index (χ4v) is 5.26. The number of Topliss-reactive ketones (excluding diaryl/α,β-unsaturated/α-hetero) is 1. The molecule has 0 saturated carbocycles. The Morgan fingerprint density at radius 2 is 1.97 bits per heavy atom. The molecular weight excluding hydrogens is 519 g/mol. The first kappa shape index (κ1) is 26.4. The van der Waals surface area contributed by atoms with Gasteiger partial charge in [0, 0.05) is 17.0 Å². The number of carbonyl (C=O) groups is 1. The van der Waals surface area contributed by atoms with Gasteiger partial charge in [-0.1, -0.05) is 60.4 Å². The lowest BCUT2D eigenvalue weighted by molar-refractivity contribution is -0.114. The number of anilines is 1. The molecule has 2 heterocycles. The van der Waals surface area contributed by atoms with E-state index in [4.69, 9.17) is 37.8 Å². The van der Waals surface area contributed by atoms with Crippen LogP contribution in [-0.4, -0.2) is 33.4 Å². The van der Waals surface area contributed by atoms with Crippen molar-refractivity contribution in [3.05, 3.63) is 68.8 Å². The van der Waals surface area contributed by atoms with E-state index in [1.807, 2.05) is 31.2 Å². The fourth-order valence-electron chi connectivity index (χ4n) is 4.03. The summed E-state index contributed by atoms with van der Waals surface area (Å²) >= 11 is 13.8. The van der Waals surface area contributed by atoms with Gasteiger partial charge in [-0.3, -0.25) is 4.79 Å². The summed E-state index contributed by atoms with van der Waals surface area (Å²) < 4.78 is 13.5. The van der Waals surface area contributed by atoms with Crippen LogP contribution in [0, 0.1) is 0 Å². The predicted octanol–water partition coefficient (Wildman–Crippen LogP) is 6.94. The zero-order chi connectivity index (χ0) is 25.8. The van der Waals surface area contributed by atoms with Crippen molar-refractivity contribution in [2.75, 3.05) is 18.2 Å². The fraction of sp³-hybridized carbons (Fsp3) is 0.346. The lowest BCUT2D eigenvalue weighted by atomic mass is 9.93. The molecule has 0 aliphatic carbocycles. The first-order valence-electron chi connectivity index (χ1n) is 11.6. The summed E-state index contributed by atoms with van der Waals surface area (Å²) in [5, 5.41) is 9.64. The molecule has 1 N–H and O–H groups in total. The predicted molar refractivity (Wildman–Crippen MR) is 145 cm³/mol. The van der Waals surface area contributed by atoms with Crippen molar-refractivity contribution in [3.8, 4) is 11.5 Å². The third kappa shape index (κ3) is 5.66. The van der Waals surface area contributed by atoms with Crippen LogP contribution < -0.4 is 14.8 Å². The highest BCUT2D eigenvalue weighted by molar-refractivity contribution is 7.99. The van der Waals surface area contributed by atoms with Crippen LogP contribution in [-0.2, 0) is 11.4 Å². The highest BCUT2D eigenvalue weighted by atomic mass is 35.5. The number of halogens is 2. The van der Waals surface area contributed by atoms with Crippen molar-refractivity contribution >= 4 is 46.7 Å². The maximum absolute atomic E-state index is 12.7. The number of thioether (sulfide) groups is 1. The van der Waals surface area contributed by atoms with E-state index in [1.54, 1.807) is 42.6 Å². The van der Waals surface area contributed by atoms with Gasteiger partial charge >= 0.3 is 0 Å². The Balaban J connectivity index is 1.65. The Morgan fingerprint density at radius 3 is 2.67 bits per heavy atom. The largest absolute Gasteiger partial charge is 0.493 e. The molecule has 1 atom stereocenters. The molecule has 0 amide bonds. The summed E-state index contributed by atoms with van der Waals surface area (Å²) in [6, 6.07) is 10.6. The van der Waals surface area contributed by atoms with E-state index in [2.05, 4.69) is 17.2 Å². The quantitative estimate of drug-likeness (QED) is 0.218. The number of carbonyl (C=O) groups excluding carboxylic acids is 1. The van der Waals surface area contributed by atoms with E-state index in [-0.39, 0.29) is 5.78 Å². The van der Waals surface area contributed by atoms with Crippen molar-refractivity contribution < 1.29 is 14.3 Å². The number of hydrogen-bond acceptors (Lipinski definition) is 7. The van der Waals surface area contributed by atoms with E-state index >= 15 is 0 Å². The van der Waals surface area contributed by atoms with E-state index in [0.717, 1.165) is 35.4 Å². The molecule has 4 rings (SSSR count). The molecule has 7 nitrogen and oxygen atoms in total. The van der Waals surface area contributed by atoms with Crippen molar-refractivity contribution in [2.45, 2.75) is 51.4 Å². The Hall–Kier alpha value is -2.68. The van der Waals surface area contributed by atoms with Gasteiger partial charge in [-0.2, -0.15) is 4.98 Å². The van der Waals surface area contributed by atoms with Crippen LogP contribution in [0.1, 0.15) is 50.8 Å². The minimum Gasteiger partial charge on any atom is -0.493 e. The molecule has 0 saturated heterocycles. The normalized spacial score (nSPS) is 14.9. The van der Waals surface area contributed by atoms with Crippen LogP contribution >= 0.6 is 35.0 Å². The number of nitrogens with zero attached hydrogens (tertiary/aromatic N) is 3. The maximum atomic E-state index is 12.7. The van der Waals surface area contributed by atoms with Gasteiger partial charge in [-0.15, -0.1) is 5.10 Å². The number of ether oxygens (including phenoxy) is 2. The highest BCUT2D eigenvalue weighted by Crippen LogP contribution is 2.40. The van der Waals surface area contributed by atoms with Crippen molar-refractivity contribution in [1.29, 1.82) is 0 Å². The van der Waals surface area contributed by atoms with Crippen LogP contribution in [0.15, 0.2) is 52.8 Å². The molecule has 190 valence electrons. The number of methoxy groups -OCH3 is 1. The summed E-state index contributed by atoms with van der Waals surface area (Å²) in [6.07, 6.45) is 2.19. The second-order valence-corrected chi connectivity index (χ2v) is 10.3. The summed E-state index contributed by atoms with van der Waals surface area (Å²) in [5.41, 5.74) is 3.11. The van der Waals surface area contributed by atoms with Crippen molar-refractivity contribution in [1.82, 2.24) is 14.8 Å². The van der Waals surface area contributed by atoms with Gasteiger partial charge in [0.1, 0.15) is 12.6 Å². The molecule has 36 heavy (non-hydrogen) atoms. The molecule has 3 aromatic rings. The standard InChI is InChI=1S/C26H28Cl2N4O3S/c1-5-6-11-36-26-30-25-29-15(2)23(16(3)33)24(32(25)31-26)18-8-10-21(22(13-18)34-4)35-14-17-7-9-19(27)20(28)12-17/h7-10,12-13,24H,5-6,11,14H2,1-4H3,(H,29,30,31). The summed E-state index contributed by atoms with van der Waals surface area (Å²) in [5.74, 6) is 2.63. The smallest absolute Gasteiger partial charge is 0.227 e. The summed E-state index contributed by atoms with van der Waals surface area (Å²) in [7, 11) is 1.59. The molecule has 0 radical (unpaired) electrons. The average molecular weight is 548 g/mol. The van der Waals surface area contributed by atoms with E-state index in [0.29, 0.717) is 44.8 Å². The third-order valence-electron chi connectivity index (χ3n) is 5.82. The lowest BCUT2D eigenvalue weighted by Crippen LogP contribution is -2.27. The Kier molecular flexibility index (Phi) is 8.49. The Morgan fingerprint density at radius 1 is 1.17 bits per heavy atom. The zero-order valence-corrected chi connectivity index (χ0v) is 22.9. The molecule has 10 heteroatoms. The SMILES string of the molecule is CCCCSc1nc2n(n1)C(c1ccc(OCc3ccc(Cl)c(Cl)c3)c(OC)c1)C(C(C)=O)=C(C)N2. The molecule has 1 unspecified atom stereocenters. The van der Waals surface area contributed by atoms with Gasteiger partial charge in [0.25, 0.3) is 0 Å². The maximum Gasteiger partial charge on any atom is 0.227 e. The summed E-state index contributed by atoms with van der Waals surface area (Å²) in [6.45, 7) is 5.90. The third-order valence-corrected chi connectivity index (χ3v) is 7.49. The van der Waals surface area contributed by atoms with Gasteiger partial charge in [0.15, 0.2) is 17.3 Å². The molecule has 1 aromatic heterocycles. The van der Waals surface area contributed by atoms with Gasteiger partial charge in [0.05, 0.1) is 17.2 Å². The number of fused-ring (bicyclic) bond motifs is 1. The number of unbranched alkanes of at least 4 members (excludes halogenated alkanes) is 1. The van der Waals surface area contributed by atoms with Gasteiger partial charge in [-0.25, -0.2) is 4.68 Å². The van der Waals surface area contributed by atoms with Crippen LogP contribution in [0.5, 0.6) is 11.5 Å².